The van der Waals surface area contributed by atoms with E-state index in [9.17, 15) is 4.79 Å². The Morgan fingerprint density at radius 2 is 2.08 bits per heavy atom. The van der Waals surface area contributed by atoms with Crippen molar-refractivity contribution >= 4 is 21.6 Å². The number of thiophene rings is 1. The van der Waals surface area contributed by atoms with E-state index < -0.39 is 0 Å². The molecule has 4 atom stereocenters. The maximum absolute atomic E-state index is 13.8. The van der Waals surface area contributed by atoms with Gasteiger partial charge in [0.15, 0.2) is 0 Å². The molecule has 36 heavy (non-hydrogen) atoms. The predicted octanol–water partition coefficient (Wildman–Crippen LogP) is 4.37. The highest BCUT2D eigenvalue weighted by Crippen LogP contribution is 2.62. The Morgan fingerprint density at radius 1 is 1.22 bits per heavy atom. The van der Waals surface area contributed by atoms with E-state index in [1.807, 2.05) is 4.57 Å². The molecule has 1 saturated carbocycles. The van der Waals surface area contributed by atoms with Gasteiger partial charge in [0.2, 0.25) is 0 Å². The largest absolute Gasteiger partial charge is 0.497 e. The Labute approximate surface area is 216 Å². The monoisotopic (exact) mass is 505 g/mol. The third kappa shape index (κ3) is 3.42. The summed E-state index contributed by atoms with van der Waals surface area (Å²) in [6.07, 6.45) is 7.58. The number of morpholine rings is 1. The van der Waals surface area contributed by atoms with Gasteiger partial charge in [0, 0.05) is 31.1 Å². The molecule has 3 heterocycles. The molecule has 6 nitrogen and oxygen atoms in total. The lowest BCUT2D eigenvalue weighted by molar-refractivity contribution is 0.0362. The molecule has 3 aromatic rings. The summed E-state index contributed by atoms with van der Waals surface area (Å²) in [4.78, 5) is 23.4. The Kier molecular flexibility index (Phi) is 5.53. The third-order valence-corrected chi connectivity index (χ3v) is 10.9. The molecule has 1 aliphatic heterocycles. The van der Waals surface area contributed by atoms with Crippen molar-refractivity contribution < 1.29 is 9.47 Å². The fourth-order valence-corrected chi connectivity index (χ4v) is 9.27. The van der Waals surface area contributed by atoms with Crippen LogP contribution < -0.4 is 10.3 Å². The SMILES string of the molecule is COc1ccc2c(c1)CC[C@@H]1[C@@H]2CC[C@@]2(C)c3c(sc4ncn(CCN5CCOCC5)c(=O)c34)C[C@@H]12. The molecule has 0 radical (unpaired) electrons. The first-order valence-corrected chi connectivity index (χ1v) is 14.4. The summed E-state index contributed by atoms with van der Waals surface area (Å²) in [5.41, 5.74) is 4.61. The van der Waals surface area contributed by atoms with Crippen LogP contribution in [0.1, 0.15) is 53.7 Å². The van der Waals surface area contributed by atoms with Crippen LogP contribution in [0, 0.1) is 11.8 Å². The summed E-state index contributed by atoms with van der Waals surface area (Å²) in [7, 11) is 1.76. The van der Waals surface area contributed by atoms with Crippen molar-refractivity contribution in [3.8, 4) is 5.75 Å². The zero-order chi connectivity index (χ0) is 24.4. The molecule has 7 heteroatoms. The molecule has 0 N–H and O–H groups in total. The Balaban J connectivity index is 1.21. The number of hydrogen-bond acceptors (Lipinski definition) is 6. The molecule has 190 valence electrons. The van der Waals surface area contributed by atoms with Gasteiger partial charge in [0.25, 0.3) is 5.56 Å². The van der Waals surface area contributed by atoms with Crippen LogP contribution in [-0.2, 0) is 29.5 Å². The first-order valence-electron chi connectivity index (χ1n) is 13.5. The van der Waals surface area contributed by atoms with Crippen LogP contribution in [0.5, 0.6) is 5.75 Å². The lowest BCUT2D eigenvalue weighted by Gasteiger charge is -2.49. The lowest BCUT2D eigenvalue weighted by Crippen LogP contribution is -2.43. The predicted molar refractivity (Wildman–Crippen MR) is 142 cm³/mol. The van der Waals surface area contributed by atoms with Crippen LogP contribution >= 0.6 is 11.3 Å². The summed E-state index contributed by atoms with van der Waals surface area (Å²) in [5, 5.41) is 0.920. The van der Waals surface area contributed by atoms with Gasteiger partial charge in [-0.25, -0.2) is 4.98 Å². The molecule has 2 aromatic heterocycles. The lowest BCUT2D eigenvalue weighted by atomic mass is 9.55. The van der Waals surface area contributed by atoms with Crippen molar-refractivity contribution in [2.75, 3.05) is 40.0 Å². The van der Waals surface area contributed by atoms with Crippen molar-refractivity contribution in [1.29, 1.82) is 0 Å². The highest BCUT2D eigenvalue weighted by molar-refractivity contribution is 7.18. The van der Waals surface area contributed by atoms with Gasteiger partial charge in [-0.2, -0.15) is 0 Å². The van der Waals surface area contributed by atoms with E-state index in [1.165, 1.54) is 28.8 Å². The average Bonchev–Trinajstić information content (AvgIpc) is 3.43. The Bertz CT molecular complexity index is 1370. The number of aryl methyl sites for hydroxylation is 1. The van der Waals surface area contributed by atoms with Gasteiger partial charge in [0.1, 0.15) is 10.6 Å². The van der Waals surface area contributed by atoms with Crippen LogP contribution in [-0.4, -0.2) is 54.4 Å². The van der Waals surface area contributed by atoms with Crippen LogP contribution in [0.4, 0.5) is 0 Å². The average molecular weight is 506 g/mol. The number of nitrogens with zero attached hydrogens (tertiary/aromatic N) is 3. The van der Waals surface area contributed by atoms with E-state index in [1.54, 1.807) is 30.3 Å². The van der Waals surface area contributed by atoms with E-state index in [0.717, 1.165) is 68.1 Å². The van der Waals surface area contributed by atoms with E-state index in [2.05, 4.69) is 30.0 Å². The maximum Gasteiger partial charge on any atom is 0.262 e. The fraction of sp³-hybridized carbons (Fsp3) is 0.586. The molecule has 3 aliphatic carbocycles. The standard InChI is InChI=1S/C29H35N3O3S/c1-29-8-7-21-20-6-4-19(34-2)15-18(20)3-5-22(21)23(29)16-24-26(29)25-27(36-24)30-17-32(28(25)33)10-9-31-11-13-35-14-12-31/h4,6,15,17,21-23H,3,5,7-14,16H2,1-2H3/t21-,22-,23+,29-/m1/s1. The summed E-state index contributed by atoms with van der Waals surface area (Å²) in [5.74, 6) is 2.89. The van der Waals surface area contributed by atoms with Gasteiger partial charge in [-0.05, 0) is 84.1 Å². The van der Waals surface area contributed by atoms with Gasteiger partial charge >= 0.3 is 0 Å². The fourth-order valence-electron chi connectivity index (χ4n) is 7.95. The Morgan fingerprint density at radius 3 is 2.92 bits per heavy atom. The van der Waals surface area contributed by atoms with Crippen molar-refractivity contribution in [3.05, 3.63) is 56.4 Å². The van der Waals surface area contributed by atoms with Crippen molar-refractivity contribution in [3.63, 3.8) is 0 Å². The maximum atomic E-state index is 13.8. The molecule has 0 bridgehead atoms. The number of aromatic nitrogens is 2. The van der Waals surface area contributed by atoms with Gasteiger partial charge in [-0.1, -0.05) is 13.0 Å². The minimum Gasteiger partial charge on any atom is -0.497 e. The number of rotatable bonds is 4. The normalized spacial score (nSPS) is 29.4. The minimum atomic E-state index is 0.0724. The van der Waals surface area contributed by atoms with E-state index in [0.29, 0.717) is 24.3 Å². The first kappa shape index (κ1) is 22.9. The van der Waals surface area contributed by atoms with Crippen molar-refractivity contribution in [1.82, 2.24) is 14.5 Å². The van der Waals surface area contributed by atoms with Gasteiger partial charge in [0.05, 0.1) is 32.0 Å². The van der Waals surface area contributed by atoms with E-state index in [-0.39, 0.29) is 11.0 Å². The molecule has 0 amide bonds. The number of ether oxygens (including phenoxy) is 2. The summed E-state index contributed by atoms with van der Waals surface area (Å²) < 4.78 is 12.8. The van der Waals surface area contributed by atoms with Crippen LogP contribution in [0.2, 0.25) is 0 Å². The van der Waals surface area contributed by atoms with Crippen LogP contribution in [0.3, 0.4) is 0 Å². The zero-order valence-electron chi connectivity index (χ0n) is 21.3. The van der Waals surface area contributed by atoms with Gasteiger partial charge in [-0.15, -0.1) is 11.3 Å². The highest BCUT2D eigenvalue weighted by atomic mass is 32.1. The first-order chi connectivity index (χ1) is 17.6. The number of fused-ring (bicyclic) bond motifs is 9. The quantitative estimate of drug-likeness (QED) is 0.527. The zero-order valence-corrected chi connectivity index (χ0v) is 22.1. The molecule has 0 unspecified atom stereocenters. The second kappa shape index (κ2) is 8.67. The number of benzene rings is 1. The summed E-state index contributed by atoms with van der Waals surface area (Å²) in [6, 6.07) is 6.72. The smallest absolute Gasteiger partial charge is 0.262 e. The van der Waals surface area contributed by atoms with E-state index >= 15 is 0 Å². The molecule has 0 spiro atoms. The Hall–Kier alpha value is -2.22. The van der Waals surface area contributed by atoms with Gasteiger partial charge in [-0.3, -0.25) is 14.3 Å². The number of hydrogen-bond donors (Lipinski definition) is 0. The molecule has 2 fully saturated rings. The van der Waals surface area contributed by atoms with Crippen LogP contribution in [0.15, 0.2) is 29.3 Å². The summed E-state index contributed by atoms with van der Waals surface area (Å²) >= 11 is 1.78. The molecule has 1 aromatic carbocycles. The molecule has 7 rings (SSSR count). The van der Waals surface area contributed by atoms with Crippen molar-refractivity contribution in [2.45, 2.75) is 56.9 Å². The third-order valence-electron chi connectivity index (χ3n) is 9.81. The molecular formula is C29H35N3O3S. The van der Waals surface area contributed by atoms with E-state index in [4.69, 9.17) is 14.5 Å². The second-order valence-corrected chi connectivity index (χ2v) is 12.5. The summed E-state index contributed by atoms with van der Waals surface area (Å²) in [6.45, 7) is 7.47. The number of methoxy groups -OCH3 is 1. The molecule has 1 saturated heterocycles. The minimum absolute atomic E-state index is 0.0724. The second-order valence-electron chi connectivity index (χ2n) is 11.4. The van der Waals surface area contributed by atoms with Gasteiger partial charge < -0.3 is 9.47 Å². The van der Waals surface area contributed by atoms with Crippen molar-refractivity contribution in [2.24, 2.45) is 11.8 Å². The topological polar surface area (TPSA) is 56.6 Å². The highest BCUT2D eigenvalue weighted by Gasteiger charge is 2.54. The molecular weight excluding hydrogens is 470 g/mol. The molecule has 4 aliphatic rings. The van der Waals surface area contributed by atoms with Crippen LogP contribution in [0.25, 0.3) is 10.2 Å².